The van der Waals surface area contributed by atoms with Crippen molar-refractivity contribution in [2.45, 2.75) is 20.8 Å². The first-order valence-electron chi connectivity index (χ1n) is 5.69. The molecule has 5 heteroatoms. The largest absolute Gasteiger partial charge is 0.360 e. The average molecular weight is 231 g/mol. The van der Waals surface area contributed by atoms with E-state index in [1.54, 1.807) is 6.20 Å². The molecule has 2 rings (SSSR count). The Morgan fingerprint density at radius 3 is 2.71 bits per heavy atom. The monoisotopic (exact) mass is 231 g/mol. The van der Waals surface area contributed by atoms with E-state index in [0.717, 1.165) is 35.1 Å². The van der Waals surface area contributed by atoms with E-state index < -0.39 is 0 Å². The van der Waals surface area contributed by atoms with Crippen molar-refractivity contribution in [1.29, 1.82) is 0 Å². The molecule has 5 nitrogen and oxygen atoms in total. The summed E-state index contributed by atoms with van der Waals surface area (Å²) in [4.78, 5) is 11.0. The van der Waals surface area contributed by atoms with Crippen LogP contribution in [0.3, 0.4) is 0 Å². The summed E-state index contributed by atoms with van der Waals surface area (Å²) in [7, 11) is 2.02. The minimum absolute atomic E-state index is 0.728. The Balaban J connectivity index is 2.47. The second kappa shape index (κ2) is 4.53. The van der Waals surface area contributed by atoms with Gasteiger partial charge in [-0.2, -0.15) is 5.10 Å². The SMILES string of the molecule is CCN(C)c1ccnc(-c2c(C)n[nH]c2C)n1. The molecule has 0 aliphatic heterocycles. The van der Waals surface area contributed by atoms with Crippen LogP contribution in [0, 0.1) is 13.8 Å². The lowest BCUT2D eigenvalue weighted by molar-refractivity contribution is 0.930. The molecule has 0 bridgehead atoms. The van der Waals surface area contributed by atoms with Crippen molar-refractivity contribution < 1.29 is 0 Å². The van der Waals surface area contributed by atoms with E-state index in [-0.39, 0.29) is 0 Å². The summed E-state index contributed by atoms with van der Waals surface area (Å²) in [6, 6.07) is 1.91. The topological polar surface area (TPSA) is 57.7 Å². The number of H-pyrrole nitrogens is 1. The van der Waals surface area contributed by atoms with Gasteiger partial charge in [-0.3, -0.25) is 5.10 Å². The van der Waals surface area contributed by atoms with Gasteiger partial charge in [-0.1, -0.05) is 0 Å². The van der Waals surface area contributed by atoms with Gasteiger partial charge in [0.05, 0.1) is 11.3 Å². The van der Waals surface area contributed by atoms with Gasteiger partial charge in [-0.15, -0.1) is 0 Å². The van der Waals surface area contributed by atoms with E-state index in [0.29, 0.717) is 0 Å². The molecule has 0 amide bonds. The van der Waals surface area contributed by atoms with Crippen LogP contribution in [0.2, 0.25) is 0 Å². The van der Waals surface area contributed by atoms with E-state index in [9.17, 15) is 0 Å². The first kappa shape index (κ1) is 11.6. The third-order valence-corrected chi connectivity index (χ3v) is 2.86. The summed E-state index contributed by atoms with van der Waals surface area (Å²) in [6.45, 7) is 6.95. The lowest BCUT2D eigenvalue weighted by Crippen LogP contribution is -2.17. The van der Waals surface area contributed by atoms with Gasteiger partial charge in [-0.05, 0) is 26.8 Å². The molecule has 0 aliphatic carbocycles. The molecule has 2 aromatic rings. The second-order valence-corrected chi connectivity index (χ2v) is 4.06. The normalized spacial score (nSPS) is 10.6. The molecule has 0 radical (unpaired) electrons. The summed E-state index contributed by atoms with van der Waals surface area (Å²) >= 11 is 0. The van der Waals surface area contributed by atoms with Crippen LogP contribution in [0.25, 0.3) is 11.4 Å². The zero-order valence-electron chi connectivity index (χ0n) is 10.7. The zero-order chi connectivity index (χ0) is 12.4. The molecule has 0 saturated heterocycles. The standard InChI is InChI=1S/C12H17N5/c1-5-17(4)10-6-7-13-12(14-10)11-8(2)15-16-9(11)3/h6-7H,5H2,1-4H3,(H,15,16). The molecular formula is C12H17N5. The first-order chi connectivity index (χ1) is 8.13. The van der Waals surface area contributed by atoms with E-state index in [1.807, 2.05) is 27.0 Å². The Morgan fingerprint density at radius 2 is 2.12 bits per heavy atom. The summed E-state index contributed by atoms with van der Waals surface area (Å²) in [6.07, 6.45) is 1.79. The summed E-state index contributed by atoms with van der Waals surface area (Å²) in [5.41, 5.74) is 2.92. The number of aromatic amines is 1. The van der Waals surface area contributed by atoms with Crippen molar-refractivity contribution in [2.75, 3.05) is 18.5 Å². The summed E-state index contributed by atoms with van der Waals surface area (Å²) < 4.78 is 0. The molecule has 1 N–H and O–H groups in total. The Bertz CT molecular complexity index is 498. The maximum atomic E-state index is 4.56. The van der Waals surface area contributed by atoms with Crippen LogP contribution in [0.15, 0.2) is 12.3 Å². The predicted octanol–water partition coefficient (Wildman–Crippen LogP) is 1.94. The molecule has 0 spiro atoms. The quantitative estimate of drug-likeness (QED) is 0.877. The highest BCUT2D eigenvalue weighted by Gasteiger charge is 2.12. The second-order valence-electron chi connectivity index (χ2n) is 4.06. The van der Waals surface area contributed by atoms with Gasteiger partial charge in [0.1, 0.15) is 5.82 Å². The van der Waals surface area contributed by atoms with Crippen LogP contribution in [-0.4, -0.2) is 33.8 Å². The predicted molar refractivity (Wildman–Crippen MR) is 68.0 cm³/mol. The Kier molecular flexibility index (Phi) is 3.08. The molecule has 0 atom stereocenters. The highest BCUT2D eigenvalue weighted by molar-refractivity contribution is 5.62. The van der Waals surface area contributed by atoms with E-state index in [2.05, 4.69) is 32.0 Å². The minimum Gasteiger partial charge on any atom is -0.360 e. The molecule has 2 aromatic heterocycles. The lowest BCUT2D eigenvalue weighted by atomic mass is 10.2. The summed E-state index contributed by atoms with van der Waals surface area (Å²) in [5, 5.41) is 7.12. The maximum absolute atomic E-state index is 4.56. The van der Waals surface area contributed by atoms with Gasteiger partial charge in [0, 0.05) is 25.5 Å². The molecule has 17 heavy (non-hydrogen) atoms. The zero-order valence-corrected chi connectivity index (χ0v) is 10.7. The Labute approximate surface area is 101 Å². The molecule has 2 heterocycles. The molecular weight excluding hydrogens is 214 g/mol. The van der Waals surface area contributed by atoms with Crippen molar-refractivity contribution in [1.82, 2.24) is 20.2 Å². The van der Waals surface area contributed by atoms with Gasteiger partial charge in [0.15, 0.2) is 5.82 Å². The highest BCUT2D eigenvalue weighted by Crippen LogP contribution is 2.22. The third-order valence-electron chi connectivity index (χ3n) is 2.86. The smallest absolute Gasteiger partial charge is 0.165 e. The van der Waals surface area contributed by atoms with E-state index in [1.165, 1.54) is 0 Å². The number of hydrogen-bond acceptors (Lipinski definition) is 4. The van der Waals surface area contributed by atoms with Crippen molar-refractivity contribution >= 4 is 5.82 Å². The number of aromatic nitrogens is 4. The van der Waals surface area contributed by atoms with Gasteiger partial charge in [-0.25, -0.2) is 9.97 Å². The molecule has 0 aliphatic rings. The van der Waals surface area contributed by atoms with Crippen LogP contribution in [-0.2, 0) is 0 Å². The van der Waals surface area contributed by atoms with Crippen molar-refractivity contribution in [3.63, 3.8) is 0 Å². The van der Waals surface area contributed by atoms with Gasteiger partial charge in [0.2, 0.25) is 0 Å². The molecule has 0 saturated carbocycles. The fourth-order valence-electron chi connectivity index (χ4n) is 1.72. The Morgan fingerprint density at radius 1 is 1.35 bits per heavy atom. The first-order valence-corrected chi connectivity index (χ1v) is 5.69. The van der Waals surface area contributed by atoms with Gasteiger partial charge >= 0.3 is 0 Å². The fourth-order valence-corrected chi connectivity index (χ4v) is 1.72. The van der Waals surface area contributed by atoms with Crippen LogP contribution < -0.4 is 4.90 Å². The molecule has 0 unspecified atom stereocenters. The van der Waals surface area contributed by atoms with Crippen LogP contribution >= 0.6 is 0 Å². The van der Waals surface area contributed by atoms with Gasteiger partial charge in [0.25, 0.3) is 0 Å². The third kappa shape index (κ3) is 2.13. The maximum Gasteiger partial charge on any atom is 0.165 e. The van der Waals surface area contributed by atoms with Crippen LogP contribution in [0.1, 0.15) is 18.3 Å². The minimum atomic E-state index is 0.728. The Hall–Kier alpha value is -1.91. The van der Waals surface area contributed by atoms with E-state index >= 15 is 0 Å². The molecule has 0 fully saturated rings. The van der Waals surface area contributed by atoms with Crippen molar-refractivity contribution in [3.05, 3.63) is 23.7 Å². The number of nitrogens with one attached hydrogen (secondary N) is 1. The number of hydrogen-bond donors (Lipinski definition) is 1. The van der Waals surface area contributed by atoms with Gasteiger partial charge < -0.3 is 4.90 Å². The highest BCUT2D eigenvalue weighted by atomic mass is 15.2. The molecule has 0 aromatic carbocycles. The summed E-state index contributed by atoms with van der Waals surface area (Å²) in [5.74, 6) is 1.66. The number of nitrogens with zero attached hydrogens (tertiary/aromatic N) is 4. The van der Waals surface area contributed by atoms with Crippen LogP contribution in [0.4, 0.5) is 5.82 Å². The van der Waals surface area contributed by atoms with Crippen molar-refractivity contribution in [2.24, 2.45) is 0 Å². The number of anilines is 1. The lowest BCUT2D eigenvalue weighted by Gasteiger charge is -2.15. The number of rotatable bonds is 3. The number of aryl methyl sites for hydroxylation is 2. The molecule has 90 valence electrons. The fraction of sp³-hybridized carbons (Fsp3) is 0.417. The average Bonchev–Trinajstić information content (AvgIpc) is 2.68. The van der Waals surface area contributed by atoms with Crippen LogP contribution in [0.5, 0.6) is 0 Å². The van der Waals surface area contributed by atoms with E-state index in [4.69, 9.17) is 0 Å². The van der Waals surface area contributed by atoms with Crippen molar-refractivity contribution in [3.8, 4) is 11.4 Å².